The second kappa shape index (κ2) is 11.9. The molecule has 0 aliphatic rings. The molecule has 5 nitrogen and oxygen atoms in total. The first-order valence-electron chi connectivity index (χ1n) is 12.1. The summed E-state index contributed by atoms with van der Waals surface area (Å²) < 4.78 is 25.9. The molecular formula is C28H36FN3O2. The molecule has 3 atom stereocenters. The third kappa shape index (κ3) is 6.31. The molecule has 0 N–H and O–H groups in total. The average molecular weight is 466 g/mol. The van der Waals surface area contributed by atoms with Crippen LogP contribution in [0.3, 0.4) is 0 Å². The van der Waals surface area contributed by atoms with Crippen molar-refractivity contribution in [3.63, 3.8) is 0 Å². The highest BCUT2D eigenvalue weighted by Crippen LogP contribution is 2.33. The van der Waals surface area contributed by atoms with Gasteiger partial charge in [-0.3, -0.25) is 0 Å². The normalized spacial score (nSPS) is 14.0. The molecule has 0 bridgehead atoms. The molecule has 182 valence electrons. The number of methoxy groups -OCH3 is 1. The maximum Gasteiger partial charge on any atom is 0.217 e. The van der Waals surface area contributed by atoms with Crippen LogP contribution in [0.15, 0.2) is 48.9 Å². The van der Waals surface area contributed by atoms with Gasteiger partial charge < -0.3 is 9.47 Å². The van der Waals surface area contributed by atoms with Crippen LogP contribution in [0.25, 0.3) is 0 Å². The van der Waals surface area contributed by atoms with Crippen LogP contribution in [0.5, 0.6) is 11.8 Å². The third-order valence-corrected chi connectivity index (χ3v) is 6.32. The van der Waals surface area contributed by atoms with E-state index in [0.717, 1.165) is 30.4 Å². The fourth-order valence-electron chi connectivity index (χ4n) is 4.45. The molecule has 6 heteroatoms. The van der Waals surface area contributed by atoms with Crippen LogP contribution in [0.1, 0.15) is 87.5 Å². The van der Waals surface area contributed by atoms with E-state index in [9.17, 15) is 4.39 Å². The highest BCUT2D eigenvalue weighted by Gasteiger charge is 2.20. The molecule has 3 heterocycles. The molecule has 0 fully saturated rings. The predicted molar refractivity (Wildman–Crippen MR) is 133 cm³/mol. The van der Waals surface area contributed by atoms with Gasteiger partial charge in [0.25, 0.3) is 0 Å². The Labute approximate surface area is 202 Å². The Morgan fingerprint density at radius 3 is 2.06 bits per heavy atom. The molecule has 0 aromatic carbocycles. The van der Waals surface area contributed by atoms with Crippen molar-refractivity contribution in [1.29, 1.82) is 0 Å². The molecule has 3 aromatic rings. The van der Waals surface area contributed by atoms with Gasteiger partial charge in [-0.1, -0.05) is 39.8 Å². The minimum Gasteiger partial charge on any atom is -0.481 e. The number of aromatic nitrogens is 3. The number of halogens is 1. The SMILES string of the molecule is COc1nccc(CC(C)Oc2ncccc2C(C)CCC(C)c2cccnc2F)c1C(C)C. The first-order valence-corrected chi connectivity index (χ1v) is 12.1. The Kier molecular flexibility index (Phi) is 8.97. The summed E-state index contributed by atoms with van der Waals surface area (Å²) >= 11 is 0. The van der Waals surface area contributed by atoms with E-state index in [0.29, 0.717) is 23.2 Å². The molecule has 0 spiro atoms. The fraction of sp³-hybridized carbons (Fsp3) is 0.464. The maximum atomic E-state index is 14.0. The van der Waals surface area contributed by atoms with Gasteiger partial charge in [0.2, 0.25) is 17.7 Å². The zero-order chi connectivity index (χ0) is 24.7. The van der Waals surface area contributed by atoms with Gasteiger partial charge in [-0.05, 0) is 61.3 Å². The number of rotatable bonds is 11. The Morgan fingerprint density at radius 2 is 1.41 bits per heavy atom. The summed E-state index contributed by atoms with van der Waals surface area (Å²) in [5, 5.41) is 0. The van der Waals surface area contributed by atoms with Gasteiger partial charge in [-0.15, -0.1) is 0 Å². The lowest BCUT2D eigenvalue weighted by Crippen LogP contribution is -2.19. The van der Waals surface area contributed by atoms with Gasteiger partial charge in [-0.25, -0.2) is 15.0 Å². The molecule has 0 amide bonds. The van der Waals surface area contributed by atoms with Crippen LogP contribution in [-0.4, -0.2) is 28.2 Å². The molecule has 0 radical (unpaired) electrons. The smallest absolute Gasteiger partial charge is 0.217 e. The average Bonchev–Trinajstić information content (AvgIpc) is 2.82. The Hall–Kier alpha value is -3.02. The molecular weight excluding hydrogens is 429 g/mol. The number of hydrogen-bond acceptors (Lipinski definition) is 5. The molecule has 0 saturated heterocycles. The number of ether oxygens (including phenoxy) is 2. The van der Waals surface area contributed by atoms with Gasteiger partial charge in [0.05, 0.1) is 7.11 Å². The summed E-state index contributed by atoms with van der Waals surface area (Å²) in [5.74, 6) is 1.57. The van der Waals surface area contributed by atoms with Crippen LogP contribution in [-0.2, 0) is 6.42 Å². The van der Waals surface area contributed by atoms with Gasteiger partial charge in [0.1, 0.15) is 6.10 Å². The fourth-order valence-corrected chi connectivity index (χ4v) is 4.45. The van der Waals surface area contributed by atoms with Crippen LogP contribution < -0.4 is 9.47 Å². The van der Waals surface area contributed by atoms with Gasteiger partial charge in [0.15, 0.2) is 0 Å². The zero-order valence-electron chi connectivity index (χ0n) is 21.1. The van der Waals surface area contributed by atoms with Crippen LogP contribution in [0, 0.1) is 5.95 Å². The monoisotopic (exact) mass is 465 g/mol. The molecule has 0 aliphatic carbocycles. The van der Waals surface area contributed by atoms with Crippen LogP contribution in [0.4, 0.5) is 4.39 Å². The van der Waals surface area contributed by atoms with Gasteiger partial charge in [-0.2, -0.15) is 4.39 Å². The number of pyridine rings is 3. The lowest BCUT2D eigenvalue weighted by molar-refractivity contribution is 0.209. The van der Waals surface area contributed by atoms with Crippen molar-refractivity contribution < 1.29 is 13.9 Å². The molecule has 3 aromatic heterocycles. The van der Waals surface area contributed by atoms with E-state index in [1.54, 1.807) is 25.6 Å². The van der Waals surface area contributed by atoms with Crippen molar-refractivity contribution in [2.45, 2.75) is 77.7 Å². The molecule has 3 rings (SSSR count). The summed E-state index contributed by atoms with van der Waals surface area (Å²) in [4.78, 5) is 12.7. The standard InChI is InChI=1S/C28H36FN3O2/c1-18(2)25-22(13-16-32-28(25)33-6)17-21(5)34-27-24(10-8-15-31-27)20(4)12-11-19(3)23-9-7-14-30-26(23)29/h7-10,13-16,18-21H,11-12,17H2,1-6H3. The minimum absolute atomic E-state index is 0.0751. The molecule has 0 aliphatic heterocycles. The summed E-state index contributed by atoms with van der Waals surface area (Å²) in [6.07, 6.45) is 7.44. The first-order chi connectivity index (χ1) is 16.3. The Balaban J connectivity index is 1.69. The van der Waals surface area contributed by atoms with E-state index < -0.39 is 0 Å². The van der Waals surface area contributed by atoms with Crippen molar-refractivity contribution in [1.82, 2.24) is 15.0 Å². The Bertz CT molecular complexity index is 1070. The lowest BCUT2D eigenvalue weighted by atomic mass is 9.90. The van der Waals surface area contributed by atoms with Crippen molar-refractivity contribution in [2.24, 2.45) is 0 Å². The topological polar surface area (TPSA) is 57.1 Å². The predicted octanol–water partition coefficient (Wildman–Crippen LogP) is 6.84. The van der Waals surface area contributed by atoms with Gasteiger partial charge in [0, 0.05) is 41.7 Å². The molecule has 3 unspecified atom stereocenters. The summed E-state index contributed by atoms with van der Waals surface area (Å²) in [6, 6.07) is 9.66. The van der Waals surface area contributed by atoms with E-state index in [1.807, 2.05) is 25.1 Å². The Morgan fingerprint density at radius 1 is 0.794 bits per heavy atom. The minimum atomic E-state index is -0.379. The lowest BCUT2D eigenvalue weighted by Gasteiger charge is -2.22. The number of nitrogens with zero attached hydrogens (tertiary/aromatic N) is 3. The van der Waals surface area contributed by atoms with E-state index in [4.69, 9.17) is 9.47 Å². The maximum absolute atomic E-state index is 14.0. The molecule has 0 saturated carbocycles. The van der Waals surface area contributed by atoms with E-state index >= 15 is 0 Å². The van der Waals surface area contributed by atoms with E-state index in [-0.39, 0.29) is 23.9 Å². The van der Waals surface area contributed by atoms with Crippen molar-refractivity contribution in [3.05, 3.63) is 77.1 Å². The molecule has 34 heavy (non-hydrogen) atoms. The van der Waals surface area contributed by atoms with Crippen molar-refractivity contribution in [2.75, 3.05) is 7.11 Å². The third-order valence-electron chi connectivity index (χ3n) is 6.32. The van der Waals surface area contributed by atoms with Crippen molar-refractivity contribution >= 4 is 0 Å². The summed E-state index contributed by atoms with van der Waals surface area (Å²) in [7, 11) is 1.66. The largest absolute Gasteiger partial charge is 0.481 e. The van der Waals surface area contributed by atoms with E-state index in [2.05, 4.69) is 48.7 Å². The first kappa shape index (κ1) is 25.6. The highest BCUT2D eigenvalue weighted by atomic mass is 19.1. The van der Waals surface area contributed by atoms with E-state index in [1.165, 1.54) is 11.8 Å². The van der Waals surface area contributed by atoms with Crippen LogP contribution >= 0.6 is 0 Å². The quantitative estimate of drug-likeness (QED) is 0.290. The van der Waals surface area contributed by atoms with Crippen LogP contribution in [0.2, 0.25) is 0 Å². The number of hydrogen-bond donors (Lipinski definition) is 0. The summed E-state index contributed by atoms with van der Waals surface area (Å²) in [5.41, 5.74) is 4.03. The summed E-state index contributed by atoms with van der Waals surface area (Å²) in [6.45, 7) is 10.6. The second-order valence-corrected chi connectivity index (χ2v) is 9.34. The van der Waals surface area contributed by atoms with Crippen molar-refractivity contribution in [3.8, 4) is 11.8 Å². The second-order valence-electron chi connectivity index (χ2n) is 9.34. The highest BCUT2D eigenvalue weighted by molar-refractivity contribution is 5.38. The van der Waals surface area contributed by atoms with Gasteiger partial charge >= 0.3 is 0 Å². The zero-order valence-corrected chi connectivity index (χ0v) is 21.1.